The standard InChI is InChI=1S/C19H20ClN3O2/c1-3-14-8-4-7-11-17(14)21-18(24)12-13(2)22-23-19(25)15-9-5-6-10-16(15)20/h4-12,22H,3H2,1-2H3,(H,21,24)(H,23,25)/b13-12+. The lowest BCUT2D eigenvalue weighted by molar-refractivity contribution is -0.112. The van der Waals surface area contributed by atoms with E-state index < -0.39 is 0 Å². The van der Waals surface area contributed by atoms with E-state index in [0.717, 1.165) is 17.7 Å². The molecule has 0 saturated heterocycles. The van der Waals surface area contributed by atoms with E-state index in [4.69, 9.17) is 11.6 Å². The molecule has 5 nitrogen and oxygen atoms in total. The Hall–Kier alpha value is -2.79. The maximum atomic E-state index is 12.1. The molecule has 2 aromatic carbocycles. The van der Waals surface area contributed by atoms with E-state index >= 15 is 0 Å². The minimum atomic E-state index is -0.380. The molecule has 130 valence electrons. The number of allylic oxidation sites excluding steroid dienone is 1. The fourth-order valence-electron chi connectivity index (χ4n) is 2.22. The summed E-state index contributed by atoms with van der Waals surface area (Å²) in [6.07, 6.45) is 2.20. The van der Waals surface area contributed by atoms with Crippen LogP contribution in [-0.4, -0.2) is 11.8 Å². The van der Waals surface area contributed by atoms with Crippen LogP contribution in [-0.2, 0) is 11.2 Å². The topological polar surface area (TPSA) is 70.2 Å². The molecule has 0 saturated carbocycles. The number of anilines is 1. The van der Waals surface area contributed by atoms with E-state index in [0.29, 0.717) is 16.3 Å². The first-order chi connectivity index (χ1) is 12.0. The van der Waals surface area contributed by atoms with E-state index in [-0.39, 0.29) is 11.8 Å². The first-order valence-corrected chi connectivity index (χ1v) is 8.27. The molecular formula is C19H20ClN3O2. The highest BCUT2D eigenvalue weighted by atomic mass is 35.5. The molecule has 2 rings (SSSR count). The summed E-state index contributed by atoms with van der Waals surface area (Å²) in [7, 11) is 0. The second-order valence-corrected chi connectivity index (χ2v) is 5.79. The summed E-state index contributed by atoms with van der Waals surface area (Å²) in [4.78, 5) is 24.1. The van der Waals surface area contributed by atoms with Gasteiger partial charge >= 0.3 is 0 Å². The molecule has 2 amide bonds. The summed E-state index contributed by atoms with van der Waals surface area (Å²) >= 11 is 5.97. The maximum Gasteiger partial charge on any atom is 0.271 e. The highest BCUT2D eigenvalue weighted by molar-refractivity contribution is 6.33. The summed E-state index contributed by atoms with van der Waals surface area (Å²) in [6, 6.07) is 14.3. The molecule has 3 N–H and O–H groups in total. The van der Waals surface area contributed by atoms with Gasteiger partial charge in [-0.1, -0.05) is 48.9 Å². The Labute approximate surface area is 152 Å². The Morgan fingerprint density at radius 3 is 2.44 bits per heavy atom. The van der Waals surface area contributed by atoms with E-state index in [2.05, 4.69) is 16.2 Å². The third kappa shape index (κ3) is 5.36. The number of nitrogens with one attached hydrogen (secondary N) is 3. The first kappa shape index (κ1) is 18.5. The molecule has 0 atom stereocenters. The number of carbonyl (C=O) groups excluding carboxylic acids is 2. The minimum absolute atomic E-state index is 0.280. The van der Waals surface area contributed by atoms with Crippen LogP contribution in [0, 0.1) is 0 Å². The molecule has 0 unspecified atom stereocenters. The van der Waals surface area contributed by atoms with Crippen LogP contribution >= 0.6 is 11.6 Å². The molecular weight excluding hydrogens is 338 g/mol. The van der Waals surface area contributed by atoms with E-state index in [1.807, 2.05) is 31.2 Å². The van der Waals surface area contributed by atoms with Crippen LogP contribution < -0.4 is 16.2 Å². The molecule has 0 aliphatic heterocycles. The highest BCUT2D eigenvalue weighted by Gasteiger charge is 2.09. The van der Waals surface area contributed by atoms with Crippen molar-refractivity contribution in [3.63, 3.8) is 0 Å². The second kappa shape index (κ2) is 8.89. The summed E-state index contributed by atoms with van der Waals surface area (Å²) in [5, 5.41) is 3.19. The Bertz CT molecular complexity index is 803. The van der Waals surface area contributed by atoms with Crippen molar-refractivity contribution in [1.29, 1.82) is 0 Å². The monoisotopic (exact) mass is 357 g/mol. The quantitative estimate of drug-likeness (QED) is 0.545. The second-order valence-electron chi connectivity index (χ2n) is 5.39. The summed E-state index contributed by atoms with van der Waals surface area (Å²) < 4.78 is 0. The molecule has 0 bridgehead atoms. The zero-order chi connectivity index (χ0) is 18.2. The Morgan fingerprint density at radius 2 is 1.72 bits per heavy atom. The number of aryl methyl sites for hydroxylation is 1. The molecule has 0 aliphatic carbocycles. The van der Waals surface area contributed by atoms with Crippen molar-refractivity contribution in [3.8, 4) is 0 Å². The molecule has 25 heavy (non-hydrogen) atoms. The maximum absolute atomic E-state index is 12.1. The molecule has 6 heteroatoms. The molecule has 0 aromatic heterocycles. The van der Waals surface area contributed by atoms with Crippen molar-refractivity contribution < 1.29 is 9.59 Å². The number of rotatable bonds is 6. The summed E-state index contributed by atoms with van der Waals surface area (Å²) in [6.45, 7) is 3.70. The number of halogens is 1. The van der Waals surface area contributed by atoms with Gasteiger partial charge in [0.25, 0.3) is 5.91 Å². The summed E-state index contributed by atoms with van der Waals surface area (Å²) in [5.74, 6) is -0.659. The van der Waals surface area contributed by atoms with Crippen LogP contribution in [0.3, 0.4) is 0 Å². The van der Waals surface area contributed by atoms with Crippen molar-refractivity contribution >= 4 is 29.1 Å². The van der Waals surface area contributed by atoms with Gasteiger partial charge in [0.1, 0.15) is 0 Å². The van der Waals surface area contributed by atoms with Crippen molar-refractivity contribution in [3.05, 3.63) is 76.5 Å². The number of hydrazine groups is 1. The van der Waals surface area contributed by atoms with Crippen molar-refractivity contribution in [2.24, 2.45) is 0 Å². The lowest BCUT2D eigenvalue weighted by Gasteiger charge is -2.11. The largest absolute Gasteiger partial charge is 0.322 e. The van der Waals surface area contributed by atoms with Gasteiger partial charge in [0, 0.05) is 17.5 Å². The average Bonchev–Trinajstić information content (AvgIpc) is 2.60. The average molecular weight is 358 g/mol. The van der Waals surface area contributed by atoms with Crippen LogP contribution in [0.5, 0.6) is 0 Å². The predicted octanol–water partition coefficient (Wildman–Crippen LogP) is 3.68. The van der Waals surface area contributed by atoms with Gasteiger partial charge in [-0.15, -0.1) is 0 Å². The molecule has 0 aliphatic rings. The van der Waals surface area contributed by atoms with Crippen LogP contribution in [0.2, 0.25) is 5.02 Å². The smallest absolute Gasteiger partial charge is 0.271 e. The van der Waals surface area contributed by atoms with Gasteiger partial charge in [-0.3, -0.25) is 15.0 Å². The normalized spacial score (nSPS) is 10.9. The van der Waals surface area contributed by atoms with Gasteiger partial charge in [0.2, 0.25) is 5.91 Å². The fraction of sp³-hybridized carbons (Fsp3) is 0.158. The first-order valence-electron chi connectivity index (χ1n) is 7.89. The summed E-state index contributed by atoms with van der Waals surface area (Å²) in [5.41, 5.74) is 7.88. The Morgan fingerprint density at radius 1 is 1.04 bits per heavy atom. The van der Waals surface area contributed by atoms with E-state index in [1.54, 1.807) is 31.2 Å². The number of benzene rings is 2. The van der Waals surface area contributed by atoms with Crippen LogP contribution in [0.4, 0.5) is 5.69 Å². The predicted molar refractivity (Wildman–Crippen MR) is 100 cm³/mol. The third-order valence-electron chi connectivity index (χ3n) is 3.50. The number of carbonyl (C=O) groups is 2. The van der Waals surface area contributed by atoms with E-state index in [1.165, 1.54) is 6.08 Å². The Kier molecular flexibility index (Phi) is 6.60. The minimum Gasteiger partial charge on any atom is -0.322 e. The molecule has 0 heterocycles. The zero-order valence-corrected chi connectivity index (χ0v) is 14.9. The number of hydrogen-bond donors (Lipinski definition) is 3. The number of amides is 2. The lowest BCUT2D eigenvalue weighted by atomic mass is 10.1. The van der Waals surface area contributed by atoms with Gasteiger partial charge in [-0.05, 0) is 37.1 Å². The van der Waals surface area contributed by atoms with Gasteiger partial charge in [0.05, 0.1) is 10.6 Å². The van der Waals surface area contributed by atoms with Crippen molar-refractivity contribution in [1.82, 2.24) is 10.9 Å². The van der Waals surface area contributed by atoms with Gasteiger partial charge in [-0.2, -0.15) is 0 Å². The molecule has 0 radical (unpaired) electrons. The fourth-order valence-corrected chi connectivity index (χ4v) is 2.44. The van der Waals surface area contributed by atoms with Gasteiger partial charge in [0.15, 0.2) is 0 Å². The van der Waals surface area contributed by atoms with Crippen LogP contribution in [0.25, 0.3) is 0 Å². The van der Waals surface area contributed by atoms with E-state index in [9.17, 15) is 9.59 Å². The SMILES string of the molecule is CCc1ccccc1NC(=O)/C=C(\C)NNC(=O)c1ccccc1Cl. The third-order valence-corrected chi connectivity index (χ3v) is 3.83. The van der Waals surface area contributed by atoms with Crippen molar-refractivity contribution in [2.75, 3.05) is 5.32 Å². The van der Waals surface area contributed by atoms with Crippen LogP contribution in [0.15, 0.2) is 60.3 Å². The van der Waals surface area contributed by atoms with Gasteiger partial charge in [-0.25, -0.2) is 0 Å². The highest BCUT2D eigenvalue weighted by Crippen LogP contribution is 2.16. The van der Waals surface area contributed by atoms with Gasteiger partial charge < -0.3 is 10.7 Å². The number of para-hydroxylation sites is 1. The molecule has 0 fully saturated rings. The lowest BCUT2D eigenvalue weighted by Crippen LogP contribution is -2.36. The zero-order valence-electron chi connectivity index (χ0n) is 14.1. The molecule has 0 spiro atoms. The Balaban J connectivity index is 1.93. The van der Waals surface area contributed by atoms with Crippen molar-refractivity contribution in [2.45, 2.75) is 20.3 Å². The number of hydrogen-bond acceptors (Lipinski definition) is 3. The van der Waals surface area contributed by atoms with Crippen LogP contribution in [0.1, 0.15) is 29.8 Å². The molecule has 2 aromatic rings.